The highest BCUT2D eigenvalue weighted by molar-refractivity contribution is 5.08. The van der Waals surface area contributed by atoms with E-state index in [1.54, 1.807) is 0 Å². The lowest BCUT2D eigenvalue weighted by Crippen LogP contribution is -2.07. The van der Waals surface area contributed by atoms with E-state index in [1.807, 2.05) is 0 Å². The molecule has 0 aliphatic rings. The summed E-state index contributed by atoms with van der Waals surface area (Å²) in [6, 6.07) is 0. The highest BCUT2D eigenvalue weighted by Gasteiger charge is 2.33. The van der Waals surface area contributed by atoms with Crippen LogP contribution in [-0.4, -0.2) is 6.18 Å². The van der Waals surface area contributed by atoms with Crippen LogP contribution in [-0.2, 0) is 0 Å². The van der Waals surface area contributed by atoms with Gasteiger partial charge in [0, 0.05) is 0 Å². The van der Waals surface area contributed by atoms with Crippen molar-refractivity contribution in [1.82, 2.24) is 0 Å². The molecule has 0 saturated heterocycles. The zero-order valence-electron chi connectivity index (χ0n) is 4.62. The Kier molecular flexibility index (Phi) is 3.05. The van der Waals surface area contributed by atoms with Crippen LogP contribution in [0.25, 0.3) is 0 Å². The second-order valence-electron chi connectivity index (χ2n) is 1.33. The average molecular weight is 158 g/mol. The molecule has 0 fully saturated rings. The molecule has 0 rings (SSSR count). The standard InChI is InChI=1S/C5H3F5/c6-3-1-2-4(7)5(8,9)10/h1-3H. The second kappa shape index (κ2) is 3.34. The Labute approximate surface area is 53.6 Å². The first kappa shape index (κ1) is 9.13. The molecule has 0 aliphatic heterocycles. The summed E-state index contributed by atoms with van der Waals surface area (Å²) in [5.74, 6) is -2.32. The molecule has 0 radical (unpaired) electrons. The van der Waals surface area contributed by atoms with Crippen LogP contribution in [0.1, 0.15) is 0 Å². The summed E-state index contributed by atoms with van der Waals surface area (Å²) in [5, 5.41) is 0. The number of halogens is 5. The van der Waals surface area contributed by atoms with Gasteiger partial charge in [0.1, 0.15) is 0 Å². The zero-order chi connectivity index (χ0) is 8.20. The zero-order valence-corrected chi connectivity index (χ0v) is 4.62. The largest absolute Gasteiger partial charge is 0.442 e. The fourth-order valence-electron chi connectivity index (χ4n) is 0.215. The van der Waals surface area contributed by atoms with E-state index in [1.165, 1.54) is 0 Å². The first-order valence-electron chi connectivity index (χ1n) is 2.18. The molecule has 10 heavy (non-hydrogen) atoms. The molecule has 5 heteroatoms. The Balaban J connectivity index is 4.20. The monoisotopic (exact) mass is 158 g/mol. The van der Waals surface area contributed by atoms with Gasteiger partial charge in [-0.15, -0.1) is 0 Å². The third-order valence-electron chi connectivity index (χ3n) is 0.586. The van der Waals surface area contributed by atoms with Crippen molar-refractivity contribution < 1.29 is 22.0 Å². The molecule has 0 aromatic heterocycles. The van der Waals surface area contributed by atoms with E-state index < -0.39 is 12.0 Å². The van der Waals surface area contributed by atoms with Crippen LogP contribution < -0.4 is 0 Å². The molecular formula is C5H3F5. The molecule has 0 bridgehead atoms. The highest BCUT2D eigenvalue weighted by Crippen LogP contribution is 2.26. The lowest BCUT2D eigenvalue weighted by molar-refractivity contribution is -0.108. The van der Waals surface area contributed by atoms with E-state index in [2.05, 4.69) is 0 Å². The SMILES string of the molecule is FC=CC=C(F)C(F)(F)F. The summed E-state index contributed by atoms with van der Waals surface area (Å²) in [5.41, 5.74) is 0. The molecule has 0 N–H and O–H groups in total. The van der Waals surface area contributed by atoms with E-state index in [9.17, 15) is 22.0 Å². The third kappa shape index (κ3) is 3.21. The van der Waals surface area contributed by atoms with Crippen molar-refractivity contribution in [2.75, 3.05) is 0 Å². The smallest absolute Gasteiger partial charge is 0.216 e. The van der Waals surface area contributed by atoms with Crippen molar-refractivity contribution in [2.24, 2.45) is 0 Å². The van der Waals surface area contributed by atoms with Gasteiger partial charge < -0.3 is 0 Å². The minimum absolute atomic E-state index is 0. The minimum Gasteiger partial charge on any atom is -0.216 e. The maximum absolute atomic E-state index is 11.6. The summed E-state index contributed by atoms with van der Waals surface area (Å²) in [7, 11) is 0. The molecule has 0 aliphatic carbocycles. The molecular weight excluding hydrogens is 155 g/mol. The van der Waals surface area contributed by atoms with Gasteiger partial charge in [-0.3, -0.25) is 0 Å². The molecule has 0 amide bonds. The van der Waals surface area contributed by atoms with Gasteiger partial charge in [-0.05, 0) is 12.2 Å². The fourth-order valence-corrected chi connectivity index (χ4v) is 0.215. The van der Waals surface area contributed by atoms with Gasteiger partial charge >= 0.3 is 6.18 Å². The van der Waals surface area contributed by atoms with Gasteiger partial charge in [-0.25, -0.2) is 8.78 Å². The van der Waals surface area contributed by atoms with E-state index in [-0.39, 0.29) is 12.4 Å². The summed E-state index contributed by atoms with van der Waals surface area (Å²) in [4.78, 5) is 0. The summed E-state index contributed by atoms with van der Waals surface area (Å²) < 4.78 is 56.1. The summed E-state index contributed by atoms with van der Waals surface area (Å²) in [6.07, 6.45) is -4.88. The number of rotatable bonds is 1. The maximum Gasteiger partial charge on any atom is 0.442 e. The number of allylic oxidation sites excluding steroid dienone is 3. The lowest BCUT2D eigenvalue weighted by atomic mass is 10.4. The Morgan fingerprint density at radius 3 is 2.00 bits per heavy atom. The Morgan fingerprint density at radius 1 is 1.20 bits per heavy atom. The van der Waals surface area contributed by atoms with E-state index in [0.29, 0.717) is 6.08 Å². The fraction of sp³-hybridized carbons (Fsp3) is 0.200. The lowest BCUT2D eigenvalue weighted by Gasteiger charge is -1.99. The van der Waals surface area contributed by atoms with Crippen molar-refractivity contribution >= 4 is 0 Å². The first-order chi connectivity index (χ1) is 4.48. The Hall–Kier alpha value is -0.870. The van der Waals surface area contributed by atoms with Crippen molar-refractivity contribution in [1.29, 1.82) is 0 Å². The van der Waals surface area contributed by atoms with Crippen LogP contribution in [0.4, 0.5) is 22.0 Å². The number of alkyl halides is 3. The van der Waals surface area contributed by atoms with Gasteiger partial charge in [0.2, 0.25) is 5.83 Å². The van der Waals surface area contributed by atoms with Crippen LogP contribution in [0.2, 0.25) is 0 Å². The van der Waals surface area contributed by atoms with Crippen molar-refractivity contribution in [3.8, 4) is 0 Å². The van der Waals surface area contributed by atoms with Crippen molar-refractivity contribution in [3.05, 3.63) is 24.3 Å². The molecule has 0 aromatic rings. The first-order valence-corrected chi connectivity index (χ1v) is 2.18. The average Bonchev–Trinajstić information content (AvgIpc) is 1.80. The van der Waals surface area contributed by atoms with Gasteiger partial charge in [0.15, 0.2) is 0 Å². The van der Waals surface area contributed by atoms with Gasteiger partial charge in [-0.1, -0.05) is 0 Å². The van der Waals surface area contributed by atoms with Crippen LogP contribution in [0.5, 0.6) is 0 Å². The molecule has 0 unspecified atom stereocenters. The van der Waals surface area contributed by atoms with Crippen molar-refractivity contribution in [2.45, 2.75) is 6.18 Å². The minimum atomic E-state index is -5.01. The second-order valence-corrected chi connectivity index (χ2v) is 1.33. The van der Waals surface area contributed by atoms with Crippen molar-refractivity contribution in [3.63, 3.8) is 0 Å². The van der Waals surface area contributed by atoms with Crippen LogP contribution in [0.3, 0.4) is 0 Å². The molecule has 0 atom stereocenters. The number of hydrogen-bond donors (Lipinski definition) is 0. The van der Waals surface area contributed by atoms with E-state index in [0.717, 1.165) is 0 Å². The quantitative estimate of drug-likeness (QED) is 0.406. The molecule has 0 heterocycles. The predicted octanol–water partition coefficient (Wildman–Crippen LogP) is 2.89. The van der Waals surface area contributed by atoms with E-state index >= 15 is 0 Å². The predicted molar refractivity (Wildman–Crippen MR) is 25.5 cm³/mol. The molecule has 0 spiro atoms. The third-order valence-corrected chi connectivity index (χ3v) is 0.586. The summed E-state index contributed by atoms with van der Waals surface area (Å²) >= 11 is 0. The highest BCUT2D eigenvalue weighted by atomic mass is 19.4. The molecule has 0 saturated carbocycles. The maximum atomic E-state index is 11.6. The topological polar surface area (TPSA) is 0 Å². The molecule has 0 nitrogen and oxygen atoms in total. The van der Waals surface area contributed by atoms with Gasteiger partial charge in [0.05, 0.1) is 6.33 Å². The number of hydrogen-bond acceptors (Lipinski definition) is 0. The van der Waals surface area contributed by atoms with Crippen LogP contribution in [0, 0.1) is 0 Å². The van der Waals surface area contributed by atoms with Crippen LogP contribution in [0.15, 0.2) is 24.3 Å². The molecule has 0 aromatic carbocycles. The summed E-state index contributed by atoms with van der Waals surface area (Å²) in [6.45, 7) is 0. The normalized spacial score (nSPS) is 14.7. The molecule has 58 valence electrons. The van der Waals surface area contributed by atoms with Crippen LogP contribution >= 0.6 is 0 Å². The van der Waals surface area contributed by atoms with E-state index in [4.69, 9.17) is 0 Å². The Bertz CT molecular complexity index is 152. The Morgan fingerprint density at radius 2 is 1.70 bits per heavy atom. The van der Waals surface area contributed by atoms with Gasteiger partial charge in [-0.2, -0.15) is 13.2 Å². The van der Waals surface area contributed by atoms with Gasteiger partial charge in [0.25, 0.3) is 0 Å².